The fourth-order valence-electron chi connectivity index (χ4n) is 4.67. The lowest BCUT2D eigenvalue weighted by Gasteiger charge is -2.28. The van der Waals surface area contributed by atoms with E-state index in [0.29, 0.717) is 25.1 Å². The predicted molar refractivity (Wildman–Crippen MR) is 125 cm³/mol. The van der Waals surface area contributed by atoms with Crippen molar-refractivity contribution in [2.24, 2.45) is 7.05 Å². The number of morpholine rings is 1. The van der Waals surface area contributed by atoms with Gasteiger partial charge in [-0.2, -0.15) is 15.1 Å². The van der Waals surface area contributed by atoms with Crippen LogP contribution in [0.15, 0.2) is 42.6 Å². The Labute approximate surface area is 192 Å². The van der Waals surface area contributed by atoms with E-state index in [1.807, 2.05) is 30.5 Å². The number of nitrogens with zero attached hydrogens (tertiary/aromatic N) is 7. The molecule has 0 amide bonds. The highest BCUT2D eigenvalue weighted by molar-refractivity contribution is 5.85. The van der Waals surface area contributed by atoms with Crippen molar-refractivity contribution < 1.29 is 9.47 Å². The van der Waals surface area contributed by atoms with Gasteiger partial charge in [-0.15, -0.1) is 0 Å². The van der Waals surface area contributed by atoms with Gasteiger partial charge in [0.1, 0.15) is 5.82 Å². The Hall–Kier alpha value is -3.30. The molecule has 2 aliphatic rings. The van der Waals surface area contributed by atoms with Gasteiger partial charge in [0.05, 0.1) is 18.9 Å². The van der Waals surface area contributed by atoms with Gasteiger partial charge in [0.2, 0.25) is 0 Å². The zero-order valence-corrected chi connectivity index (χ0v) is 18.7. The van der Waals surface area contributed by atoms with Crippen molar-refractivity contribution in [1.82, 2.24) is 29.3 Å². The van der Waals surface area contributed by atoms with Gasteiger partial charge in [0.25, 0.3) is 5.95 Å². The van der Waals surface area contributed by atoms with E-state index >= 15 is 0 Å². The first kappa shape index (κ1) is 20.3. The van der Waals surface area contributed by atoms with Crippen molar-refractivity contribution in [3.05, 3.63) is 48.4 Å². The summed E-state index contributed by atoms with van der Waals surface area (Å²) in [6, 6.07) is 12.1. The van der Waals surface area contributed by atoms with E-state index in [9.17, 15) is 0 Å². The Bertz CT molecular complexity index is 1250. The van der Waals surface area contributed by atoms with E-state index in [2.05, 4.69) is 28.6 Å². The van der Waals surface area contributed by atoms with Gasteiger partial charge in [-0.05, 0) is 18.9 Å². The quantitative estimate of drug-likeness (QED) is 0.478. The highest BCUT2D eigenvalue weighted by Gasteiger charge is 2.26. The summed E-state index contributed by atoms with van der Waals surface area (Å²) in [4.78, 5) is 17.2. The molecule has 5 heterocycles. The summed E-state index contributed by atoms with van der Waals surface area (Å²) in [5, 5.41) is 4.77. The molecule has 6 rings (SSSR count). The van der Waals surface area contributed by atoms with Crippen LogP contribution < -0.4 is 4.90 Å². The predicted octanol–water partition coefficient (Wildman–Crippen LogP) is 2.95. The minimum absolute atomic E-state index is 0.369. The molecule has 1 aromatic carbocycles. The van der Waals surface area contributed by atoms with E-state index in [-0.39, 0.29) is 0 Å². The number of imidazole rings is 1. The first-order chi connectivity index (χ1) is 16.3. The normalized spacial score (nSPS) is 17.7. The third-order valence-corrected chi connectivity index (χ3v) is 6.48. The van der Waals surface area contributed by atoms with Gasteiger partial charge in [-0.1, -0.05) is 30.3 Å². The standard InChI is InChI=1S/C24H27N7O2/c1-29-21(18-8-13-32-14-9-18)25-20-22(29)26-24(27-23(20)30-11-15-33-16-12-30)31-10-7-19(28-31)17-5-3-2-4-6-17/h2-7,10,18H,8-9,11-16H2,1H3. The number of hydrogen-bond acceptors (Lipinski definition) is 7. The number of hydrogen-bond donors (Lipinski definition) is 0. The van der Waals surface area contributed by atoms with Crippen molar-refractivity contribution in [2.45, 2.75) is 18.8 Å². The van der Waals surface area contributed by atoms with Crippen LogP contribution in [0.5, 0.6) is 0 Å². The molecule has 4 aromatic rings. The maximum Gasteiger partial charge on any atom is 0.254 e. The van der Waals surface area contributed by atoms with Crippen LogP contribution in [0.3, 0.4) is 0 Å². The van der Waals surface area contributed by atoms with Crippen molar-refractivity contribution >= 4 is 17.0 Å². The van der Waals surface area contributed by atoms with Gasteiger partial charge >= 0.3 is 0 Å². The van der Waals surface area contributed by atoms with Gasteiger partial charge < -0.3 is 18.9 Å². The molecule has 9 heteroatoms. The minimum atomic E-state index is 0.369. The second-order valence-corrected chi connectivity index (χ2v) is 8.55. The molecule has 0 unspecified atom stereocenters. The second kappa shape index (κ2) is 8.57. The first-order valence-electron chi connectivity index (χ1n) is 11.5. The maximum absolute atomic E-state index is 5.58. The zero-order valence-electron chi connectivity index (χ0n) is 18.7. The molecule has 0 bridgehead atoms. The molecule has 0 saturated carbocycles. The molecule has 9 nitrogen and oxygen atoms in total. The number of benzene rings is 1. The Morgan fingerprint density at radius 3 is 2.42 bits per heavy atom. The Morgan fingerprint density at radius 1 is 0.879 bits per heavy atom. The average Bonchev–Trinajstić information content (AvgIpc) is 3.51. The van der Waals surface area contributed by atoms with Gasteiger partial charge in [0, 0.05) is 51.0 Å². The molecule has 170 valence electrons. The topological polar surface area (TPSA) is 83.1 Å². The van der Waals surface area contributed by atoms with Crippen LogP contribution in [0.2, 0.25) is 0 Å². The lowest BCUT2D eigenvalue weighted by Crippen LogP contribution is -2.37. The van der Waals surface area contributed by atoms with Crippen LogP contribution in [0.4, 0.5) is 5.82 Å². The Morgan fingerprint density at radius 2 is 1.64 bits per heavy atom. The smallest absolute Gasteiger partial charge is 0.254 e. The molecule has 0 N–H and O–H groups in total. The number of rotatable bonds is 4. The average molecular weight is 446 g/mol. The number of aromatic nitrogens is 6. The third-order valence-electron chi connectivity index (χ3n) is 6.48. The van der Waals surface area contributed by atoms with E-state index in [1.54, 1.807) is 4.68 Å². The molecule has 3 aromatic heterocycles. The van der Waals surface area contributed by atoms with E-state index in [4.69, 9.17) is 29.5 Å². The van der Waals surface area contributed by atoms with Crippen LogP contribution in [0, 0.1) is 0 Å². The summed E-state index contributed by atoms with van der Waals surface area (Å²) in [5.41, 5.74) is 3.63. The third kappa shape index (κ3) is 3.77. The fourth-order valence-corrected chi connectivity index (χ4v) is 4.67. The fraction of sp³-hybridized carbons (Fsp3) is 0.417. The summed E-state index contributed by atoms with van der Waals surface area (Å²) in [7, 11) is 2.05. The number of aryl methyl sites for hydroxylation is 1. The molecular formula is C24H27N7O2. The lowest BCUT2D eigenvalue weighted by atomic mass is 10.00. The Balaban J connectivity index is 1.47. The van der Waals surface area contributed by atoms with E-state index < -0.39 is 0 Å². The van der Waals surface area contributed by atoms with Gasteiger partial charge in [-0.3, -0.25) is 0 Å². The maximum atomic E-state index is 5.58. The monoisotopic (exact) mass is 445 g/mol. The zero-order chi connectivity index (χ0) is 22.2. The molecule has 0 atom stereocenters. The van der Waals surface area contributed by atoms with Crippen molar-refractivity contribution in [3.63, 3.8) is 0 Å². The number of fused-ring (bicyclic) bond motifs is 1. The van der Waals surface area contributed by atoms with Crippen molar-refractivity contribution in [1.29, 1.82) is 0 Å². The second-order valence-electron chi connectivity index (χ2n) is 8.55. The summed E-state index contributed by atoms with van der Waals surface area (Å²) < 4.78 is 15.0. The largest absolute Gasteiger partial charge is 0.381 e. The van der Waals surface area contributed by atoms with Crippen LogP contribution >= 0.6 is 0 Å². The highest BCUT2D eigenvalue weighted by atomic mass is 16.5. The summed E-state index contributed by atoms with van der Waals surface area (Å²) in [6.45, 7) is 4.47. The molecular weight excluding hydrogens is 418 g/mol. The first-order valence-corrected chi connectivity index (χ1v) is 11.5. The highest BCUT2D eigenvalue weighted by Crippen LogP contribution is 2.32. The Kier molecular flexibility index (Phi) is 5.27. The molecule has 0 radical (unpaired) electrons. The molecule has 2 saturated heterocycles. The van der Waals surface area contributed by atoms with Gasteiger partial charge in [-0.25, -0.2) is 9.67 Å². The van der Waals surface area contributed by atoms with Crippen LogP contribution in [-0.4, -0.2) is 68.8 Å². The van der Waals surface area contributed by atoms with E-state index in [0.717, 1.165) is 73.2 Å². The molecule has 0 aliphatic carbocycles. The minimum Gasteiger partial charge on any atom is -0.381 e. The van der Waals surface area contributed by atoms with E-state index in [1.165, 1.54) is 0 Å². The molecule has 33 heavy (non-hydrogen) atoms. The summed E-state index contributed by atoms with van der Waals surface area (Å²) >= 11 is 0. The van der Waals surface area contributed by atoms with Crippen molar-refractivity contribution in [3.8, 4) is 17.2 Å². The molecule has 2 aliphatic heterocycles. The van der Waals surface area contributed by atoms with Crippen LogP contribution in [-0.2, 0) is 16.5 Å². The molecule has 2 fully saturated rings. The van der Waals surface area contributed by atoms with Crippen LogP contribution in [0.25, 0.3) is 28.4 Å². The van der Waals surface area contributed by atoms with Gasteiger partial charge in [0.15, 0.2) is 17.0 Å². The molecule has 0 spiro atoms. The summed E-state index contributed by atoms with van der Waals surface area (Å²) in [6.07, 6.45) is 3.87. The number of ether oxygens (including phenoxy) is 2. The lowest BCUT2D eigenvalue weighted by molar-refractivity contribution is 0.0831. The SMILES string of the molecule is Cn1c(C2CCOCC2)nc2c(N3CCOCC3)nc(-n3ccc(-c4ccccc4)n3)nc21. The number of anilines is 1. The summed E-state index contributed by atoms with van der Waals surface area (Å²) in [5.74, 6) is 2.82. The van der Waals surface area contributed by atoms with Crippen molar-refractivity contribution in [2.75, 3.05) is 44.4 Å². The van der Waals surface area contributed by atoms with Crippen LogP contribution in [0.1, 0.15) is 24.6 Å².